The van der Waals surface area contributed by atoms with Crippen LogP contribution in [0.3, 0.4) is 0 Å². The lowest BCUT2D eigenvalue weighted by atomic mass is 10.2. The zero-order valence-corrected chi connectivity index (χ0v) is 13.9. The summed E-state index contributed by atoms with van der Waals surface area (Å²) in [5.41, 5.74) is 2.83. The standard InChI is InChI=1S/C18H19N3O3/c1-4-14-17(13-7-5-6-10-19-13)20-18(21(14)22)12-8-9-15(23-2)16(11-12)24-3/h5-11,22H,4H2,1-3H3. The van der Waals surface area contributed by atoms with E-state index < -0.39 is 0 Å². The second-order valence-electron chi connectivity index (χ2n) is 5.18. The van der Waals surface area contributed by atoms with Crippen LogP contribution in [-0.4, -0.2) is 34.1 Å². The molecule has 0 unspecified atom stereocenters. The van der Waals surface area contributed by atoms with Gasteiger partial charge >= 0.3 is 0 Å². The third-order valence-electron chi connectivity index (χ3n) is 3.83. The van der Waals surface area contributed by atoms with Crippen LogP contribution in [0.4, 0.5) is 0 Å². The predicted molar refractivity (Wildman–Crippen MR) is 90.6 cm³/mol. The summed E-state index contributed by atoms with van der Waals surface area (Å²) in [7, 11) is 3.16. The van der Waals surface area contributed by atoms with Crippen molar-refractivity contribution in [3.05, 3.63) is 48.3 Å². The molecule has 0 aliphatic rings. The summed E-state index contributed by atoms with van der Waals surface area (Å²) in [5, 5.41) is 10.6. The average molecular weight is 325 g/mol. The predicted octanol–water partition coefficient (Wildman–Crippen LogP) is 3.43. The monoisotopic (exact) mass is 325 g/mol. The van der Waals surface area contributed by atoms with Gasteiger partial charge < -0.3 is 14.7 Å². The SMILES string of the molecule is CCc1c(-c2ccccn2)nc(-c2ccc(OC)c(OC)c2)n1O. The van der Waals surface area contributed by atoms with Gasteiger partial charge in [0.15, 0.2) is 17.3 Å². The van der Waals surface area contributed by atoms with Gasteiger partial charge in [-0.2, -0.15) is 4.73 Å². The fourth-order valence-electron chi connectivity index (χ4n) is 2.63. The van der Waals surface area contributed by atoms with Gasteiger partial charge in [-0.05, 0) is 36.8 Å². The van der Waals surface area contributed by atoms with Gasteiger partial charge in [-0.15, -0.1) is 0 Å². The van der Waals surface area contributed by atoms with Crippen LogP contribution in [0.1, 0.15) is 12.6 Å². The molecular weight excluding hydrogens is 306 g/mol. The molecule has 0 atom stereocenters. The molecule has 0 fully saturated rings. The Bertz CT molecular complexity index is 844. The number of methoxy groups -OCH3 is 2. The van der Waals surface area contributed by atoms with Crippen molar-refractivity contribution in [2.24, 2.45) is 0 Å². The highest BCUT2D eigenvalue weighted by atomic mass is 16.5. The Balaban J connectivity index is 2.14. The summed E-state index contributed by atoms with van der Waals surface area (Å²) in [6, 6.07) is 11.0. The molecule has 2 heterocycles. The molecule has 1 N–H and O–H groups in total. The number of imidazole rings is 1. The molecule has 3 aromatic rings. The molecule has 0 radical (unpaired) electrons. The molecule has 0 amide bonds. The Labute approximate surface area is 140 Å². The van der Waals surface area contributed by atoms with Gasteiger partial charge in [0, 0.05) is 11.8 Å². The summed E-state index contributed by atoms with van der Waals surface area (Å²) in [5.74, 6) is 1.64. The fourth-order valence-corrected chi connectivity index (χ4v) is 2.63. The molecule has 6 heteroatoms. The molecule has 0 saturated carbocycles. The summed E-state index contributed by atoms with van der Waals surface area (Å²) in [6.07, 6.45) is 2.34. The Morgan fingerprint density at radius 3 is 2.50 bits per heavy atom. The van der Waals surface area contributed by atoms with Gasteiger partial charge in [0.25, 0.3) is 0 Å². The van der Waals surface area contributed by atoms with E-state index in [4.69, 9.17) is 9.47 Å². The van der Waals surface area contributed by atoms with Crippen LogP contribution in [0.15, 0.2) is 42.6 Å². The summed E-state index contributed by atoms with van der Waals surface area (Å²) >= 11 is 0. The maximum atomic E-state index is 10.6. The lowest BCUT2D eigenvalue weighted by Gasteiger charge is -2.09. The molecule has 24 heavy (non-hydrogen) atoms. The van der Waals surface area contributed by atoms with Crippen molar-refractivity contribution in [1.82, 2.24) is 14.7 Å². The number of pyridine rings is 1. The van der Waals surface area contributed by atoms with Gasteiger partial charge in [-0.25, -0.2) is 4.98 Å². The minimum atomic E-state index is 0.438. The lowest BCUT2D eigenvalue weighted by molar-refractivity contribution is 0.182. The van der Waals surface area contributed by atoms with Crippen molar-refractivity contribution >= 4 is 0 Å². The van der Waals surface area contributed by atoms with Crippen LogP contribution in [0.5, 0.6) is 11.5 Å². The van der Waals surface area contributed by atoms with Crippen LogP contribution >= 0.6 is 0 Å². The Kier molecular flexibility index (Phi) is 4.37. The Morgan fingerprint density at radius 2 is 1.88 bits per heavy atom. The van der Waals surface area contributed by atoms with E-state index in [-0.39, 0.29) is 0 Å². The second-order valence-corrected chi connectivity index (χ2v) is 5.18. The summed E-state index contributed by atoms with van der Waals surface area (Å²) in [4.78, 5) is 8.94. The van der Waals surface area contributed by atoms with Crippen LogP contribution in [0.25, 0.3) is 22.8 Å². The van der Waals surface area contributed by atoms with Crippen LogP contribution in [0, 0.1) is 0 Å². The lowest BCUT2D eigenvalue weighted by Crippen LogP contribution is -2.00. The number of ether oxygens (including phenoxy) is 2. The highest BCUT2D eigenvalue weighted by molar-refractivity contribution is 5.67. The van der Waals surface area contributed by atoms with E-state index in [2.05, 4.69) is 9.97 Å². The van der Waals surface area contributed by atoms with Gasteiger partial charge in [-0.3, -0.25) is 4.98 Å². The number of rotatable bonds is 5. The zero-order chi connectivity index (χ0) is 17.1. The fraction of sp³-hybridized carbons (Fsp3) is 0.222. The number of hydrogen-bond donors (Lipinski definition) is 1. The molecule has 0 aliphatic heterocycles. The highest BCUT2D eigenvalue weighted by Crippen LogP contribution is 2.34. The molecule has 124 valence electrons. The first-order chi connectivity index (χ1) is 11.7. The van der Waals surface area contributed by atoms with Gasteiger partial charge in [0.05, 0.1) is 25.6 Å². The Hall–Kier alpha value is -3.02. The number of nitrogens with zero attached hydrogens (tertiary/aromatic N) is 3. The van der Waals surface area contributed by atoms with Crippen LogP contribution < -0.4 is 9.47 Å². The van der Waals surface area contributed by atoms with Gasteiger partial charge in [0.1, 0.15) is 5.69 Å². The third-order valence-corrected chi connectivity index (χ3v) is 3.83. The van der Waals surface area contributed by atoms with Gasteiger partial charge in [-0.1, -0.05) is 13.0 Å². The second kappa shape index (κ2) is 6.62. The van der Waals surface area contributed by atoms with Crippen molar-refractivity contribution in [1.29, 1.82) is 0 Å². The van der Waals surface area contributed by atoms with Gasteiger partial charge in [0.2, 0.25) is 0 Å². The quantitative estimate of drug-likeness (QED) is 0.728. The summed E-state index contributed by atoms with van der Waals surface area (Å²) in [6.45, 7) is 1.97. The minimum absolute atomic E-state index is 0.438. The largest absolute Gasteiger partial charge is 0.493 e. The minimum Gasteiger partial charge on any atom is -0.493 e. The molecule has 0 bridgehead atoms. The van der Waals surface area contributed by atoms with E-state index in [0.29, 0.717) is 35.1 Å². The first kappa shape index (κ1) is 15.9. The molecule has 0 spiro atoms. The topological polar surface area (TPSA) is 69.4 Å². The van der Waals surface area contributed by atoms with Crippen molar-refractivity contribution in [2.75, 3.05) is 14.2 Å². The van der Waals surface area contributed by atoms with Crippen LogP contribution in [0.2, 0.25) is 0 Å². The summed E-state index contributed by atoms with van der Waals surface area (Å²) < 4.78 is 11.7. The molecule has 2 aromatic heterocycles. The van der Waals surface area contributed by atoms with E-state index in [9.17, 15) is 5.21 Å². The van der Waals surface area contributed by atoms with Crippen molar-refractivity contribution in [3.63, 3.8) is 0 Å². The van der Waals surface area contributed by atoms with E-state index in [1.807, 2.05) is 31.2 Å². The highest BCUT2D eigenvalue weighted by Gasteiger charge is 2.20. The maximum absolute atomic E-state index is 10.6. The number of benzene rings is 1. The van der Waals surface area contributed by atoms with Crippen molar-refractivity contribution < 1.29 is 14.7 Å². The average Bonchev–Trinajstić information content (AvgIpc) is 2.98. The molecule has 0 aliphatic carbocycles. The van der Waals surface area contributed by atoms with E-state index >= 15 is 0 Å². The molecule has 0 saturated heterocycles. The maximum Gasteiger partial charge on any atom is 0.176 e. The van der Waals surface area contributed by atoms with Crippen molar-refractivity contribution in [3.8, 4) is 34.3 Å². The van der Waals surface area contributed by atoms with E-state index in [1.54, 1.807) is 32.5 Å². The Morgan fingerprint density at radius 1 is 1.08 bits per heavy atom. The normalized spacial score (nSPS) is 10.6. The van der Waals surface area contributed by atoms with E-state index in [0.717, 1.165) is 16.0 Å². The zero-order valence-electron chi connectivity index (χ0n) is 13.9. The molecular formula is C18H19N3O3. The number of aromatic nitrogens is 3. The number of hydrogen-bond acceptors (Lipinski definition) is 5. The first-order valence-electron chi connectivity index (χ1n) is 7.64. The molecule has 3 rings (SSSR count). The smallest absolute Gasteiger partial charge is 0.176 e. The first-order valence-corrected chi connectivity index (χ1v) is 7.64. The van der Waals surface area contributed by atoms with Crippen LogP contribution in [-0.2, 0) is 6.42 Å². The molecule has 1 aromatic carbocycles. The van der Waals surface area contributed by atoms with E-state index in [1.165, 1.54) is 0 Å². The third kappa shape index (κ3) is 2.67. The molecule has 6 nitrogen and oxygen atoms in total. The van der Waals surface area contributed by atoms with Crippen molar-refractivity contribution in [2.45, 2.75) is 13.3 Å².